The molecule has 0 spiro atoms. The number of halogens is 1. The van der Waals surface area contributed by atoms with E-state index in [1.165, 1.54) is 12.1 Å². The molecule has 1 aromatic carbocycles. The van der Waals surface area contributed by atoms with Crippen LogP contribution in [0.4, 0.5) is 9.18 Å². The van der Waals surface area contributed by atoms with Crippen molar-refractivity contribution in [2.75, 3.05) is 0 Å². The lowest BCUT2D eigenvalue weighted by molar-refractivity contribution is 0.182. The lowest BCUT2D eigenvalue weighted by atomic mass is 9.94. The van der Waals surface area contributed by atoms with Crippen LogP contribution >= 0.6 is 0 Å². The molecule has 0 aliphatic rings. The lowest BCUT2D eigenvalue weighted by Crippen LogP contribution is -2.44. The van der Waals surface area contributed by atoms with Gasteiger partial charge in [0.15, 0.2) is 0 Å². The molecule has 0 aromatic heterocycles. The van der Waals surface area contributed by atoms with Crippen molar-refractivity contribution in [1.82, 2.24) is 5.32 Å². The maximum absolute atomic E-state index is 13.5. The van der Waals surface area contributed by atoms with Gasteiger partial charge in [-0.25, -0.2) is 9.18 Å². The smallest absolute Gasteiger partial charge is 0.405 e. The summed E-state index contributed by atoms with van der Waals surface area (Å²) in [5, 5.41) is 19.9. The molecular formula is C12H16FNO3. The van der Waals surface area contributed by atoms with E-state index in [1.807, 2.05) is 0 Å². The maximum atomic E-state index is 13.5. The molecule has 5 heteroatoms. The fraction of sp³-hybridized carbons (Fsp3) is 0.417. The molecule has 0 saturated carbocycles. The van der Waals surface area contributed by atoms with E-state index in [0.29, 0.717) is 11.1 Å². The van der Waals surface area contributed by atoms with Gasteiger partial charge in [-0.15, -0.1) is 0 Å². The first kappa shape index (κ1) is 13.4. The van der Waals surface area contributed by atoms with Crippen LogP contribution in [0, 0.1) is 5.82 Å². The minimum atomic E-state index is -1.14. The van der Waals surface area contributed by atoms with Gasteiger partial charge in [0.2, 0.25) is 0 Å². The van der Waals surface area contributed by atoms with Gasteiger partial charge in [-0.1, -0.05) is 12.1 Å². The van der Waals surface area contributed by atoms with Crippen molar-refractivity contribution in [1.29, 1.82) is 0 Å². The number of carbonyl (C=O) groups is 1. The third kappa shape index (κ3) is 4.03. The fourth-order valence-corrected chi connectivity index (χ4v) is 1.67. The van der Waals surface area contributed by atoms with Gasteiger partial charge < -0.3 is 15.5 Å². The van der Waals surface area contributed by atoms with Crippen molar-refractivity contribution in [2.45, 2.75) is 32.4 Å². The molecule has 1 amide bonds. The van der Waals surface area contributed by atoms with Crippen molar-refractivity contribution < 1.29 is 19.4 Å². The second-order valence-electron chi connectivity index (χ2n) is 4.57. The van der Waals surface area contributed by atoms with E-state index < -0.39 is 17.4 Å². The Morgan fingerprint density at radius 1 is 1.47 bits per heavy atom. The number of hydrogen-bond acceptors (Lipinski definition) is 2. The average Bonchev–Trinajstić information content (AvgIpc) is 2.19. The molecule has 0 atom stereocenters. The van der Waals surface area contributed by atoms with E-state index >= 15 is 0 Å². The Morgan fingerprint density at radius 2 is 2.12 bits per heavy atom. The quantitative estimate of drug-likeness (QED) is 0.754. The standard InChI is InChI=1S/C12H16FNO3/c1-12(2,14-11(16)17)6-9-5-8(7-15)3-4-10(9)13/h3-5,14-15H,6-7H2,1-2H3,(H,16,17). The minimum Gasteiger partial charge on any atom is -0.465 e. The zero-order valence-electron chi connectivity index (χ0n) is 9.83. The summed E-state index contributed by atoms with van der Waals surface area (Å²) in [6.45, 7) is 3.18. The second-order valence-corrected chi connectivity index (χ2v) is 4.57. The SMILES string of the molecule is CC(C)(Cc1cc(CO)ccc1F)NC(=O)O. The van der Waals surface area contributed by atoms with Crippen LogP contribution in [0.15, 0.2) is 18.2 Å². The van der Waals surface area contributed by atoms with Gasteiger partial charge in [0, 0.05) is 5.54 Å². The summed E-state index contributed by atoms with van der Waals surface area (Å²) in [4.78, 5) is 10.6. The van der Waals surface area contributed by atoms with Gasteiger partial charge >= 0.3 is 6.09 Å². The first-order valence-corrected chi connectivity index (χ1v) is 5.23. The lowest BCUT2D eigenvalue weighted by Gasteiger charge is -2.25. The first-order valence-electron chi connectivity index (χ1n) is 5.23. The van der Waals surface area contributed by atoms with Gasteiger partial charge in [-0.05, 0) is 37.5 Å². The molecule has 0 heterocycles. The summed E-state index contributed by atoms with van der Waals surface area (Å²) < 4.78 is 13.5. The normalized spacial score (nSPS) is 11.3. The van der Waals surface area contributed by atoms with Crippen LogP contribution in [0.2, 0.25) is 0 Å². The summed E-state index contributed by atoms with van der Waals surface area (Å²) in [6, 6.07) is 4.31. The predicted octanol–water partition coefficient (Wildman–Crippen LogP) is 1.91. The van der Waals surface area contributed by atoms with E-state index in [-0.39, 0.29) is 13.0 Å². The van der Waals surface area contributed by atoms with Crippen molar-refractivity contribution in [3.05, 3.63) is 35.1 Å². The van der Waals surface area contributed by atoms with Gasteiger partial charge in [-0.3, -0.25) is 0 Å². The van der Waals surface area contributed by atoms with E-state index in [9.17, 15) is 9.18 Å². The van der Waals surface area contributed by atoms with Crippen LogP contribution in [-0.2, 0) is 13.0 Å². The highest BCUT2D eigenvalue weighted by atomic mass is 19.1. The molecule has 0 saturated heterocycles. The van der Waals surface area contributed by atoms with Crippen molar-refractivity contribution >= 4 is 6.09 Å². The van der Waals surface area contributed by atoms with Crippen LogP contribution in [0.5, 0.6) is 0 Å². The zero-order chi connectivity index (χ0) is 13.1. The fourth-order valence-electron chi connectivity index (χ4n) is 1.67. The number of aliphatic hydroxyl groups excluding tert-OH is 1. The van der Waals surface area contributed by atoms with Crippen molar-refractivity contribution in [3.63, 3.8) is 0 Å². The molecule has 94 valence electrons. The molecule has 0 radical (unpaired) electrons. The Labute approximate surface area is 99.1 Å². The number of rotatable bonds is 4. The highest BCUT2D eigenvalue weighted by molar-refractivity contribution is 5.65. The number of amides is 1. The number of benzene rings is 1. The zero-order valence-corrected chi connectivity index (χ0v) is 9.83. The largest absolute Gasteiger partial charge is 0.465 e. The summed E-state index contributed by atoms with van der Waals surface area (Å²) >= 11 is 0. The molecule has 1 rings (SSSR count). The van der Waals surface area contributed by atoms with E-state index in [4.69, 9.17) is 10.2 Å². The summed E-state index contributed by atoms with van der Waals surface area (Å²) in [5.41, 5.74) is 0.226. The maximum Gasteiger partial charge on any atom is 0.405 e. The van der Waals surface area contributed by atoms with E-state index in [2.05, 4.69) is 5.32 Å². The van der Waals surface area contributed by atoms with Gasteiger partial charge in [-0.2, -0.15) is 0 Å². The Bertz CT molecular complexity index is 418. The molecule has 17 heavy (non-hydrogen) atoms. The molecule has 1 aromatic rings. The number of aliphatic hydroxyl groups is 1. The van der Waals surface area contributed by atoms with Gasteiger partial charge in [0.05, 0.1) is 6.61 Å². The van der Waals surface area contributed by atoms with E-state index in [1.54, 1.807) is 19.9 Å². The Morgan fingerprint density at radius 3 is 2.65 bits per heavy atom. The Balaban J connectivity index is 2.89. The van der Waals surface area contributed by atoms with Crippen LogP contribution in [0.1, 0.15) is 25.0 Å². The van der Waals surface area contributed by atoms with Gasteiger partial charge in [0.25, 0.3) is 0 Å². The summed E-state index contributed by atoms with van der Waals surface area (Å²) in [7, 11) is 0. The molecule has 3 N–H and O–H groups in total. The topological polar surface area (TPSA) is 69.6 Å². The molecule has 0 unspecified atom stereocenters. The third-order valence-corrected chi connectivity index (χ3v) is 2.37. The van der Waals surface area contributed by atoms with Crippen LogP contribution in [0.25, 0.3) is 0 Å². The monoisotopic (exact) mass is 241 g/mol. The summed E-state index contributed by atoms with van der Waals surface area (Å²) in [5.74, 6) is -0.400. The minimum absolute atomic E-state index is 0.167. The molecular weight excluding hydrogens is 225 g/mol. The molecule has 4 nitrogen and oxygen atoms in total. The molecule has 0 aliphatic carbocycles. The third-order valence-electron chi connectivity index (χ3n) is 2.37. The number of hydrogen-bond donors (Lipinski definition) is 3. The number of nitrogens with one attached hydrogen (secondary N) is 1. The molecule has 0 fully saturated rings. The molecule has 0 bridgehead atoms. The molecule has 0 aliphatic heterocycles. The van der Waals surface area contributed by atoms with Crippen LogP contribution < -0.4 is 5.32 Å². The summed E-state index contributed by atoms with van der Waals surface area (Å²) in [6.07, 6.45) is -0.923. The highest BCUT2D eigenvalue weighted by Gasteiger charge is 2.22. The van der Waals surface area contributed by atoms with Gasteiger partial charge in [0.1, 0.15) is 5.82 Å². The second kappa shape index (κ2) is 5.14. The Kier molecular flexibility index (Phi) is 4.07. The van der Waals surface area contributed by atoms with Crippen molar-refractivity contribution in [3.8, 4) is 0 Å². The first-order chi connectivity index (χ1) is 7.84. The highest BCUT2D eigenvalue weighted by Crippen LogP contribution is 2.17. The average molecular weight is 241 g/mol. The van der Waals surface area contributed by atoms with Crippen LogP contribution in [0.3, 0.4) is 0 Å². The Hall–Kier alpha value is -1.62. The van der Waals surface area contributed by atoms with E-state index in [0.717, 1.165) is 0 Å². The van der Waals surface area contributed by atoms with Crippen molar-refractivity contribution in [2.24, 2.45) is 0 Å². The number of carboxylic acid groups (broad SMARTS) is 1. The predicted molar refractivity (Wildman–Crippen MR) is 61.3 cm³/mol. The van der Waals surface area contributed by atoms with Crippen LogP contribution in [-0.4, -0.2) is 21.8 Å².